The fraction of sp³-hybridized carbons (Fsp3) is 0.250. The lowest BCUT2D eigenvalue weighted by molar-refractivity contribution is -0.122. The van der Waals surface area contributed by atoms with Gasteiger partial charge in [0.05, 0.1) is 18.2 Å². The number of nitrogens with zero attached hydrogens (tertiary/aromatic N) is 1. The van der Waals surface area contributed by atoms with Crippen LogP contribution in [0.1, 0.15) is 12.5 Å². The summed E-state index contributed by atoms with van der Waals surface area (Å²) in [5.41, 5.74) is 0.498. The van der Waals surface area contributed by atoms with Gasteiger partial charge in [-0.15, -0.1) is 0 Å². The topological polar surface area (TPSA) is 88.4 Å². The highest BCUT2D eigenvalue weighted by atomic mass is 16.5. The number of carbonyl (C=O) groups is 2. The van der Waals surface area contributed by atoms with Crippen molar-refractivity contribution in [1.29, 1.82) is 5.26 Å². The van der Waals surface area contributed by atoms with Crippen molar-refractivity contribution >= 4 is 12.0 Å². The van der Waals surface area contributed by atoms with Crippen LogP contribution in [0, 0.1) is 11.3 Å². The second kappa shape index (κ2) is 6.91. The van der Waals surface area contributed by atoms with Crippen LogP contribution in [0.2, 0.25) is 0 Å². The largest absolute Gasteiger partial charge is 0.484 e. The first-order valence-electron chi connectivity index (χ1n) is 5.25. The molecule has 1 N–H and O–H groups in total. The maximum absolute atomic E-state index is 11.2. The smallest absolute Gasteiger partial charge is 0.413 e. The van der Waals surface area contributed by atoms with E-state index in [-0.39, 0.29) is 13.2 Å². The molecule has 0 radical (unpaired) electrons. The van der Waals surface area contributed by atoms with E-state index in [0.717, 1.165) is 0 Å². The van der Waals surface area contributed by atoms with E-state index < -0.39 is 12.0 Å². The lowest BCUT2D eigenvalue weighted by Gasteiger charge is -2.06. The molecule has 0 aromatic heterocycles. The first-order chi connectivity index (χ1) is 8.65. The third kappa shape index (κ3) is 4.53. The Labute approximate surface area is 104 Å². The van der Waals surface area contributed by atoms with Crippen molar-refractivity contribution in [2.75, 3.05) is 13.2 Å². The maximum Gasteiger partial charge on any atom is 0.413 e. The van der Waals surface area contributed by atoms with Crippen LogP contribution in [0.4, 0.5) is 4.79 Å². The summed E-state index contributed by atoms with van der Waals surface area (Å²) in [4.78, 5) is 22.1. The van der Waals surface area contributed by atoms with E-state index in [1.54, 1.807) is 31.2 Å². The molecule has 0 spiro atoms. The summed E-state index contributed by atoms with van der Waals surface area (Å²) in [7, 11) is 0. The number of benzene rings is 1. The van der Waals surface area contributed by atoms with E-state index in [0.29, 0.717) is 11.3 Å². The molecular weight excluding hydrogens is 236 g/mol. The summed E-state index contributed by atoms with van der Waals surface area (Å²) in [6.45, 7) is 1.53. The van der Waals surface area contributed by atoms with Crippen LogP contribution < -0.4 is 10.1 Å². The molecule has 0 unspecified atom stereocenters. The van der Waals surface area contributed by atoms with Gasteiger partial charge in [-0.2, -0.15) is 5.26 Å². The number of carbonyl (C=O) groups excluding carboxylic acids is 2. The molecule has 0 fully saturated rings. The zero-order valence-corrected chi connectivity index (χ0v) is 9.80. The molecule has 0 heterocycles. The van der Waals surface area contributed by atoms with E-state index in [1.807, 2.05) is 11.4 Å². The monoisotopic (exact) mass is 248 g/mol. The van der Waals surface area contributed by atoms with Gasteiger partial charge in [0.2, 0.25) is 0 Å². The van der Waals surface area contributed by atoms with Crippen LogP contribution in [-0.4, -0.2) is 25.2 Å². The van der Waals surface area contributed by atoms with E-state index in [2.05, 4.69) is 4.74 Å². The molecule has 0 aliphatic rings. The molecule has 94 valence electrons. The van der Waals surface area contributed by atoms with Crippen LogP contribution in [-0.2, 0) is 9.53 Å². The quantitative estimate of drug-likeness (QED) is 0.865. The number of nitriles is 1. The Morgan fingerprint density at radius 2 is 2.00 bits per heavy atom. The van der Waals surface area contributed by atoms with Gasteiger partial charge in [-0.25, -0.2) is 4.79 Å². The average molecular weight is 248 g/mol. The van der Waals surface area contributed by atoms with Crippen LogP contribution in [0.5, 0.6) is 5.75 Å². The molecule has 0 aliphatic heterocycles. The molecule has 2 amide bonds. The molecule has 0 saturated heterocycles. The molecule has 0 atom stereocenters. The van der Waals surface area contributed by atoms with Crippen LogP contribution in [0.25, 0.3) is 0 Å². The number of hydrogen-bond donors (Lipinski definition) is 1. The van der Waals surface area contributed by atoms with Crippen molar-refractivity contribution in [3.05, 3.63) is 29.8 Å². The lowest BCUT2D eigenvalue weighted by atomic mass is 10.2. The standard InChI is InChI=1S/C12H12N2O4/c1-2-17-12(16)14-11(15)8-18-10-5-3-9(7-13)4-6-10/h3-6H,2,8H2,1H3,(H,14,15,16). The summed E-state index contributed by atoms with van der Waals surface area (Å²) in [6.07, 6.45) is -0.800. The fourth-order valence-corrected chi connectivity index (χ4v) is 1.09. The molecular formula is C12H12N2O4. The predicted molar refractivity (Wildman–Crippen MR) is 61.8 cm³/mol. The molecule has 1 aromatic rings. The Hall–Kier alpha value is -2.55. The Balaban J connectivity index is 2.38. The first kappa shape index (κ1) is 13.5. The fourth-order valence-electron chi connectivity index (χ4n) is 1.09. The van der Waals surface area contributed by atoms with Crippen molar-refractivity contribution < 1.29 is 19.1 Å². The van der Waals surface area contributed by atoms with E-state index in [1.165, 1.54) is 0 Å². The molecule has 0 bridgehead atoms. The van der Waals surface area contributed by atoms with Crippen LogP contribution in [0.3, 0.4) is 0 Å². The third-order valence-corrected chi connectivity index (χ3v) is 1.87. The molecule has 1 aromatic carbocycles. The number of hydrogen-bond acceptors (Lipinski definition) is 5. The summed E-state index contributed by atoms with van der Waals surface area (Å²) >= 11 is 0. The van der Waals surface area contributed by atoms with E-state index >= 15 is 0 Å². The van der Waals surface area contributed by atoms with Gasteiger partial charge in [-0.3, -0.25) is 10.1 Å². The predicted octanol–water partition coefficient (Wildman–Crippen LogP) is 1.21. The molecule has 6 heteroatoms. The zero-order valence-electron chi connectivity index (χ0n) is 9.80. The van der Waals surface area contributed by atoms with Crippen molar-refractivity contribution in [3.63, 3.8) is 0 Å². The van der Waals surface area contributed by atoms with Crippen molar-refractivity contribution in [2.24, 2.45) is 0 Å². The summed E-state index contributed by atoms with van der Waals surface area (Å²) in [6, 6.07) is 8.23. The summed E-state index contributed by atoms with van der Waals surface area (Å²) < 4.78 is 9.65. The SMILES string of the molecule is CCOC(=O)NC(=O)COc1ccc(C#N)cc1. The highest BCUT2D eigenvalue weighted by Gasteiger charge is 2.08. The normalized spacial score (nSPS) is 9.11. The van der Waals surface area contributed by atoms with Gasteiger partial charge in [0.25, 0.3) is 5.91 Å². The van der Waals surface area contributed by atoms with Gasteiger partial charge in [-0.05, 0) is 31.2 Å². The average Bonchev–Trinajstić information content (AvgIpc) is 2.37. The maximum atomic E-state index is 11.2. The minimum atomic E-state index is -0.800. The van der Waals surface area contributed by atoms with Crippen molar-refractivity contribution in [3.8, 4) is 11.8 Å². The zero-order chi connectivity index (χ0) is 13.4. The number of nitrogens with one attached hydrogen (secondary N) is 1. The Morgan fingerprint density at radius 1 is 1.33 bits per heavy atom. The molecule has 1 rings (SSSR count). The Morgan fingerprint density at radius 3 is 2.56 bits per heavy atom. The Kier molecular flexibility index (Phi) is 5.19. The number of alkyl carbamates (subject to hydrolysis) is 1. The van der Waals surface area contributed by atoms with Gasteiger partial charge < -0.3 is 9.47 Å². The molecule has 0 saturated carbocycles. The first-order valence-corrected chi connectivity index (χ1v) is 5.25. The molecule has 0 aliphatic carbocycles. The highest BCUT2D eigenvalue weighted by molar-refractivity contribution is 5.92. The van der Waals surface area contributed by atoms with Crippen molar-refractivity contribution in [2.45, 2.75) is 6.92 Å². The second-order valence-electron chi connectivity index (χ2n) is 3.19. The Bertz CT molecular complexity index is 462. The number of imide groups is 1. The summed E-state index contributed by atoms with van der Waals surface area (Å²) in [5.74, 6) is -0.161. The van der Waals surface area contributed by atoms with Gasteiger partial charge in [-0.1, -0.05) is 0 Å². The summed E-state index contributed by atoms with van der Waals surface area (Å²) in [5, 5.41) is 10.6. The van der Waals surface area contributed by atoms with E-state index in [4.69, 9.17) is 10.00 Å². The highest BCUT2D eigenvalue weighted by Crippen LogP contribution is 2.11. The number of rotatable bonds is 4. The van der Waals surface area contributed by atoms with Gasteiger partial charge in [0.1, 0.15) is 5.75 Å². The van der Waals surface area contributed by atoms with Gasteiger partial charge in [0, 0.05) is 0 Å². The second-order valence-corrected chi connectivity index (χ2v) is 3.19. The van der Waals surface area contributed by atoms with Gasteiger partial charge >= 0.3 is 6.09 Å². The minimum absolute atomic E-state index is 0.190. The van der Waals surface area contributed by atoms with Crippen LogP contribution in [0.15, 0.2) is 24.3 Å². The molecule has 18 heavy (non-hydrogen) atoms. The minimum Gasteiger partial charge on any atom is -0.484 e. The van der Waals surface area contributed by atoms with E-state index in [9.17, 15) is 9.59 Å². The lowest BCUT2D eigenvalue weighted by Crippen LogP contribution is -2.34. The van der Waals surface area contributed by atoms with Crippen LogP contribution >= 0.6 is 0 Å². The van der Waals surface area contributed by atoms with Crippen molar-refractivity contribution in [1.82, 2.24) is 5.32 Å². The number of ether oxygens (including phenoxy) is 2. The van der Waals surface area contributed by atoms with Gasteiger partial charge in [0.15, 0.2) is 6.61 Å². The number of amides is 2. The third-order valence-electron chi connectivity index (χ3n) is 1.87. The molecule has 6 nitrogen and oxygen atoms in total.